The lowest BCUT2D eigenvalue weighted by atomic mass is 10.1. The molecule has 0 fully saturated rings. The number of hydrogen-bond donors (Lipinski definition) is 2. The maximum atomic E-state index is 13.0. The summed E-state index contributed by atoms with van der Waals surface area (Å²) in [7, 11) is 3.44. The minimum absolute atomic E-state index is 0.0726. The first-order chi connectivity index (χ1) is 20.8. The Balaban J connectivity index is 1.42. The first-order valence-corrected chi connectivity index (χ1v) is 15.0. The summed E-state index contributed by atoms with van der Waals surface area (Å²) in [6.45, 7) is 10.6. The summed E-state index contributed by atoms with van der Waals surface area (Å²) < 4.78 is 1.56. The van der Waals surface area contributed by atoms with Crippen molar-refractivity contribution in [1.29, 1.82) is 0 Å². The molecule has 4 aromatic rings. The lowest BCUT2D eigenvalue weighted by Gasteiger charge is -2.28. The highest BCUT2D eigenvalue weighted by molar-refractivity contribution is 6.04. The van der Waals surface area contributed by atoms with E-state index in [4.69, 9.17) is 0 Å². The first kappa shape index (κ1) is 31.7. The van der Waals surface area contributed by atoms with Gasteiger partial charge in [0.25, 0.3) is 5.91 Å². The molecular weight excluding hydrogens is 540 g/mol. The van der Waals surface area contributed by atoms with Crippen LogP contribution in [0.5, 0.6) is 0 Å². The SMILES string of the molecule is CCCN(CCC)Cc1ccc(NC(=O)c2ccc(CN(Cc3nccn3C(=O)N(C)C)C(C)c3ncc[nH]3)cc2)cc1. The van der Waals surface area contributed by atoms with Gasteiger partial charge in [0.05, 0.1) is 12.6 Å². The molecule has 10 nitrogen and oxygen atoms in total. The molecule has 0 radical (unpaired) electrons. The van der Waals surface area contributed by atoms with Gasteiger partial charge in [0.15, 0.2) is 0 Å². The summed E-state index contributed by atoms with van der Waals surface area (Å²) >= 11 is 0. The average molecular weight is 585 g/mol. The van der Waals surface area contributed by atoms with Gasteiger partial charge in [-0.1, -0.05) is 38.1 Å². The van der Waals surface area contributed by atoms with E-state index in [1.807, 2.05) is 36.4 Å². The van der Waals surface area contributed by atoms with E-state index in [1.54, 1.807) is 43.4 Å². The minimum atomic E-state index is -0.155. The zero-order valence-electron chi connectivity index (χ0n) is 26.0. The van der Waals surface area contributed by atoms with Crippen molar-refractivity contribution in [3.8, 4) is 0 Å². The number of aromatic amines is 1. The fraction of sp³-hybridized carbons (Fsp3) is 0.394. The Morgan fingerprint density at radius 2 is 1.53 bits per heavy atom. The third-order valence-corrected chi connectivity index (χ3v) is 7.41. The molecule has 2 heterocycles. The molecule has 2 aromatic carbocycles. The van der Waals surface area contributed by atoms with Crippen molar-refractivity contribution >= 4 is 17.6 Å². The van der Waals surface area contributed by atoms with Crippen molar-refractivity contribution in [1.82, 2.24) is 34.2 Å². The Kier molecular flexibility index (Phi) is 11.2. The normalized spacial score (nSPS) is 12.1. The molecular formula is C33H44N8O2. The highest BCUT2D eigenvalue weighted by Gasteiger charge is 2.22. The number of H-pyrrole nitrogens is 1. The highest BCUT2D eigenvalue weighted by Crippen LogP contribution is 2.23. The molecule has 0 aliphatic carbocycles. The molecule has 4 rings (SSSR count). The summed E-state index contributed by atoms with van der Waals surface area (Å²) in [5, 5.41) is 3.02. The van der Waals surface area contributed by atoms with E-state index < -0.39 is 0 Å². The van der Waals surface area contributed by atoms with Crippen LogP contribution in [0.3, 0.4) is 0 Å². The quantitative estimate of drug-likeness (QED) is 0.195. The molecule has 2 amide bonds. The number of carbonyl (C=O) groups is 2. The van der Waals surface area contributed by atoms with Gasteiger partial charge in [0, 0.05) is 63.2 Å². The molecule has 10 heteroatoms. The molecule has 2 N–H and O–H groups in total. The molecule has 228 valence electrons. The second-order valence-electron chi connectivity index (χ2n) is 11.1. The monoisotopic (exact) mass is 584 g/mol. The van der Waals surface area contributed by atoms with Crippen LogP contribution in [0.4, 0.5) is 10.5 Å². The molecule has 2 aromatic heterocycles. The van der Waals surface area contributed by atoms with Crippen LogP contribution >= 0.6 is 0 Å². The zero-order valence-corrected chi connectivity index (χ0v) is 26.0. The maximum Gasteiger partial charge on any atom is 0.329 e. The number of imidazole rings is 2. The van der Waals surface area contributed by atoms with Crippen LogP contribution < -0.4 is 5.32 Å². The predicted molar refractivity (Wildman–Crippen MR) is 170 cm³/mol. The molecule has 0 saturated carbocycles. The van der Waals surface area contributed by atoms with Gasteiger partial charge < -0.3 is 15.2 Å². The van der Waals surface area contributed by atoms with Gasteiger partial charge in [0.1, 0.15) is 11.6 Å². The van der Waals surface area contributed by atoms with E-state index in [0.29, 0.717) is 24.5 Å². The Bertz CT molecular complexity index is 1420. The second kappa shape index (κ2) is 15.3. The van der Waals surface area contributed by atoms with Gasteiger partial charge in [0.2, 0.25) is 0 Å². The Labute approximate surface area is 254 Å². The highest BCUT2D eigenvalue weighted by atomic mass is 16.2. The number of anilines is 1. The van der Waals surface area contributed by atoms with Crippen LogP contribution in [0, 0.1) is 0 Å². The fourth-order valence-electron chi connectivity index (χ4n) is 5.08. The molecule has 0 saturated heterocycles. The van der Waals surface area contributed by atoms with Gasteiger partial charge >= 0.3 is 6.03 Å². The van der Waals surface area contributed by atoms with Gasteiger partial charge in [-0.2, -0.15) is 0 Å². The van der Waals surface area contributed by atoms with Crippen LogP contribution in [0.2, 0.25) is 0 Å². The topological polar surface area (TPSA) is 102 Å². The number of aromatic nitrogens is 4. The summed E-state index contributed by atoms with van der Waals surface area (Å²) in [6, 6.07) is 15.5. The molecule has 1 atom stereocenters. The van der Waals surface area contributed by atoms with E-state index in [2.05, 4.69) is 63.0 Å². The van der Waals surface area contributed by atoms with Crippen LogP contribution in [-0.2, 0) is 19.6 Å². The zero-order chi connectivity index (χ0) is 30.8. The van der Waals surface area contributed by atoms with Crippen molar-refractivity contribution in [3.05, 3.63) is 102 Å². The second-order valence-corrected chi connectivity index (χ2v) is 11.1. The number of amides is 2. The lowest BCUT2D eigenvalue weighted by Crippen LogP contribution is -2.32. The number of nitrogens with zero attached hydrogens (tertiary/aromatic N) is 6. The van der Waals surface area contributed by atoms with E-state index >= 15 is 0 Å². The number of benzene rings is 2. The van der Waals surface area contributed by atoms with Gasteiger partial charge in [-0.05, 0) is 68.2 Å². The van der Waals surface area contributed by atoms with Crippen LogP contribution in [0.1, 0.15) is 72.8 Å². The Morgan fingerprint density at radius 3 is 2.14 bits per heavy atom. The predicted octanol–water partition coefficient (Wildman–Crippen LogP) is 5.77. The van der Waals surface area contributed by atoms with Gasteiger partial charge in [-0.25, -0.2) is 14.8 Å². The average Bonchev–Trinajstić information content (AvgIpc) is 3.70. The third kappa shape index (κ3) is 8.62. The van der Waals surface area contributed by atoms with Gasteiger partial charge in [-0.3, -0.25) is 19.2 Å². The minimum Gasteiger partial charge on any atom is -0.347 e. The van der Waals surface area contributed by atoms with E-state index in [-0.39, 0.29) is 18.0 Å². The Morgan fingerprint density at radius 1 is 0.884 bits per heavy atom. The Hall–Kier alpha value is -4.28. The summed E-state index contributed by atoms with van der Waals surface area (Å²) in [6.07, 6.45) is 9.13. The van der Waals surface area contributed by atoms with Gasteiger partial charge in [-0.15, -0.1) is 0 Å². The standard InChI is InChI=1S/C33H44N8O2/c1-6-19-39(20-7-2)22-26-10-14-29(15-11-26)37-32(42)28-12-8-27(9-13-28)23-40(25(3)31-35-16-17-36-31)24-30-34-18-21-41(30)33(43)38(4)5/h8-18,21,25H,6-7,19-20,22-24H2,1-5H3,(H,35,36)(H,37,42). The van der Waals surface area contributed by atoms with E-state index in [9.17, 15) is 9.59 Å². The number of hydrogen-bond acceptors (Lipinski definition) is 6. The summed E-state index contributed by atoms with van der Waals surface area (Å²) in [4.78, 5) is 44.0. The van der Waals surface area contributed by atoms with E-state index in [1.165, 1.54) is 10.5 Å². The molecule has 0 aliphatic rings. The number of nitrogens with one attached hydrogen (secondary N) is 2. The van der Waals surface area contributed by atoms with Crippen LogP contribution in [-0.4, -0.2) is 73.3 Å². The number of rotatable bonds is 14. The molecule has 1 unspecified atom stereocenters. The van der Waals surface area contributed by atoms with Crippen molar-refractivity contribution in [2.24, 2.45) is 0 Å². The number of carbonyl (C=O) groups excluding carboxylic acids is 2. The maximum absolute atomic E-state index is 13.0. The van der Waals surface area contributed by atoms with Crippen molar-refractivity contribution in [3.63, 3.8) is 0 Å². The summed E-state index contributed by atoms with van der Waals surface area (Å²) in [5.41, 5.74) is 3.63. The van der Waals surface area contributed by atoms with Crippen molar-refractivity contribution in [2.75, 3.05) is 32.5 Å². The first-order valence-electron chi connectivity index (χ1n) is 15.0. The van der Waals surface area contributed by atoms with Crippen molar-refractivity contribution < 1.29 is 9.59 Å². The van der Waals surface area contributed by atoms with E-state index in [0.717, 1.165) is 49.6 Å². The fourth-order valence-corrected chi connectivity index (χ4v) is 5.08. The smallest absolute Gasteiger partial charge is 0.329 e. The molecule has 0 aliphatic heterocycles. The van der Waals surface area contributed by atoms with Crippen molar-refractivity contribution in [2.45, 2.75) is 59.3 Å². The molecule has 43 heavy (non-hydrogen) atoms. The summed E-state index contributed by atoms with van der Waals surface area (Å²) in [5.74, 6) is 1.31. The van der Waals surface area contributed by atoms with Crippen LogP contribution in [0.25, 0.3) is 0 Å². The van der Waals surface area contributed by atoms with Crippen LogP contribution in [0.15, 0.2) is 73.3 Å². The molecule has 0 bridgehead atoms. The third-order valence-electron chi connectivity index (χ3n) is 7.41. The largest absolute Gasteiger partial charge is 0.347 e. The lowest BCUT2D eigenvalue weighted by molar-refractivity contribution is 0.102. The molecule has 0 spiro atoms.